The summed E-state index contributed by atoms with van der Waals surface area (Å²) in [5.74, 6) is -6.07. The monoisotopic (exact) mass is 628 g/mol. The second kappa shape index (κ2) is 12.6. The van der Waals surface area contributed by atoms with Crippen molar-refractivity contribution in [2.45, 2.75) is 136 Å². The highest BCUT2D eigenvalue weighted by atomic mass is 16.6. The summed E-state index contributed by atoms with van der Waals surface area (Å²) in [6, 6.07) is 0. The summed E-state index contributed by atoms with van der Waals surface area (Å²) in [6.45, 7) is 14.1. The van der Waals surface area contributed by atoms with Gasteiger partial charge in [-0.25, -0.2) is 0 Å². The first kappa shape index (κ1) is 35.7. The van der Waals surface area contributed by atoms with Crippen LogP contribution in [0.2, 0.25) is 0 Å². The van der Waals surface area contributed by atoms with Crippen LogP contribution in [0.25, 0.3) is 0 Å². The molecule has 1 spiro atoms. The SMILES string of the molecule is CCC(C)C(=O)OC[C@]12[C@H](OC(=O)C(C)CC)[C@@H](OC(C)=O)[C@@H]3[C@@H](OC(C)=O)[C@]1(OC3(C)C)[C@@](C)(O)C[C@H](O)[C@@H]2OC(C)=O. The van der Waals surface area contributed by atoms with Crippen LogP contribution in [0.5, 0.6) is 0 Å². The fraction of sp³-hybridized carbons (Fsp3) is 0.839. The van der Waals surface area contributed by atoms with Crippen molar-refractivity contribution in [2.75, 3.05) is 6.61 Å². The molecule has 44 heavy (non-hydrogen) atoms. The van der Waals surface area contributed by atoms with Crippen molar-refractivity contribution in [3.63, 3.8) is 0 Å². The van der Waals surface area contributed by atoms with Crippen LogP contribution in [-0.4, -0.2) is 94.0 Å². The van der Waals surface area contributed by atoms with Gasteiger partial charge in [0, 0.05) is 27.2 Å². The molecular weight excluding hydrogens is 580 g/mol. The minimum atomic E-state index is -2.17. The first-order valence-corrected chi connectivity index (χ1v) is 15.2. The van der Waals surface area contributed by atoms with Gasteiger partial charge in [-0.15, -0.1) is 0 Å². The van der Waals surface area contributed by atoms with Crippen molar-refractivity contribution in [1.82, 2.24) is 0 Å². The maximum absolute atomic E-state index is 13.6. The molecule has 11 atom stereocenters. The third kappa shape index (κ3) is 5.71. The van der Waals surface area contributed by atoms with Crippen molar-refractivity contribution < 1.29 is 62.6 Å². The lowest BCUT2D eigenvalue weighted by molar-refractivity contribution is -0.364. The zero-order valence-corrected chi connectivity index (χ0v) is 27.3. The third-order valence-electron chi connectivity index (χ3n) is 9.68. The van der Waals surface area contributed by atoms with E-state index in [2.05, 4.69) is 0 Å². The van der Waals surface area contributed by atoms with Crippen LogP contribution in [0.15, 0.2) is 0 Å². The van der Waals surface area contributed by atoms with E-state index >= 15 is 0 Å². The molecule has 0 aromatic rings. The molecule has 13 heteroatoms. The Morgan fingerprint density at radius 3 is 1.80 bits per heavy atom. The molecule has 2 unspecified atom stereocenters. The van der Waals surface area contributed by atoms with Gasteiger partial charge < -0.3 is 38.6 Å². The van der Waals surface area contributed by atoms with Gasteiger partial charge in [0.1, 0.15) is 30.3 Å². The van der Waals surface area contributed by atoms with E-state index < -0.39 is 113 Å². The van der Waals surface area contributed by atoms with Crippen molar-refractivity contribution in [1.29, 1.82) is 0 Å². The highest BCUT2D eigenvalue weighted by molar-refractivity contribution is 5.74. The second-order valence-electron chi connectivity index (χ2n) is 13.3. The molecule has 0 radical (unpaired) electrons. The smallest absolute Gasteiger partial charge is 0.309 e. The van der Waals surface area contributed by atoms with Crippen LogP contribution in [0.3, 0.4) is 0 Å². The molecule has 2 saturated carbocycles. The van der Waals surface area contributed by atoms with Gasteiger partial charge in [0.25, 0.3) is 0 Å². The Labute approximate surface area is 258 Å². The van der Waals surface area contributed by atoms with Gasteiger partial charge in [-0.3, -0.25) is 24.0 Å². The topological polar surface area (TPSA) is 181 Å². The van der Waals surface area contributed by atoms with Gasteiger partial charge >= 0.3 is 29.8 Å². The Morgan fingerprint density at radius 1 is 0.795 bits per heavy atom. The number of hydrogen-bond acceptors (Lipinski definition) is 13. The maximum atomic E-state index is 13.6. The van der Waals surface area contributed by atoms with Crippen molar-refractivity contribution in [3.8, 4) is 0 Å². The van der Waals surface area contributed by atoms with E-state index in [-0.39, 0.29) is 0 Å². The van der Waals surface area contributed by atoms with E-state index in [1.165, 1.54) is 6.92 Å². The number of carbonyl (C=O) groups excluding carboxylic acids is 5. The number of hydrogen-bond donors (Lipinski definition) is 2. The maximum Gasteiger partial charge on any atom is 0.309 e. The molecule has 1 aliphatic heterocycles. The summed E-state index contributed by atoms with van der Waals surface area (Å²) in [5.41, 5.74) is -7.74. The van der Waals surface area contributed by atoms with Gasteiger partial charge in [0.2, 0.25) is 0 Å². The van der Waals surface area contributed by atoms with Gasteiger partial charge in [-0.1, -0.05) is 27.7 Å². The first-order chi connectivity index (χ1) is 20.2. The second-order valence-corrected chi connectivity index (χ2v) is 13.3. The number of ether oxygens (including phenoxy) is 6. The molecule has 1 heterocycles. The Balaban J connectivity index is 2.53. The summed E-state index contributed by atoms with van der Waals surface area (Å²) in [7, 11) is 0. The molecule has 2 aliphatic carbocycles. The van der Waals surface area contributed by atoms with Gasteiger partial charge in [0.05, 0.1) is 35.1 Å². The predicted molar refractivity (Wildman–Crippen MR) is 151 cm³/mol. The zero-order valence-electron chi connectivity index (χ0n) is 27.3. The number of fused-ring (bicyclic) bond motifs is 1. The normalized spacial score (nSPS) is 38.4. The average Bonchev–Trinajstić information content (AvgIpc) is 3.10. The summed E-state index contributed by atoms with van der Waals surface area (Å²) in [6.07, 6.45) is -7.40. The molecule has 1 saturated heterocycles. The summed E-state index contributed by atoms with van der Waals surface area (Å²) < 4.78 is 36.4. The summed E-state index contributed by atoms with van der Waals surface area (Å²) >= 11 is 0. The number of aliphatic hydroxyl groups excluding tert-OH is 1. The average molecular weight is 629 g/mol. The van der Waals surface area contributed by atoms with Crippen LogP contribution in [0, 0.1) is 23.2 Å². The molecule has 2 N–H and O–H groups in total. The predicted octanol–water partition coefficient (Wildman–Crippen LogP) is 2.01. The molecule has 2 bridgehead atoms. The molecule has 3 rings (SSSR count). The fourth-order valence-electron chi connectivity index (χ4n) is 7.45. The van der Waals surface area contributed by atoms with E-state index in [1.54, 1.807) is 41.5 Å². The Kier molecular flexibility index (Phi) is 10.2. The molecule has 3 aliphatic rings. The molecule has 250 valence electrons. The molecule has 3 fully saturated rings. The quantitative estimate of drug-likeness (QED) is 0.265. The Morgan fingerprint density at radius 2 is 1.30 bits per heavy atom. The van der Waals surface area contributed by atoms with Crippen molar-refractivity contribution in [3.05, 3.63) is 0 Å². The standard InChI is InChI=1S/C31H48O13/c1-11-15(3)26(36)39-14-30-23(41-18(6)33)20(35)13-29(10,38)31(30)24(42-19(7)34)21(28(8,9)44-31)22(40-17(5)32)25(30)43-27(37)16(4)12-2/h15-16,20-25,35,38H,11-14H2,1-10H3/t15?,16?,20-,21+,22-,23-,24+,25+,29-,30-,31-/m0/s1. The van der Waals surface area contributed by atoms with Crippen molar-refractivity contribution >= 4 is 29.8 Å². The highest BCUT2D eigenvalue weighted by Gasteiger charge is 2.88. The first-order valence-electron chi connectivity index (χ1n) is 15.2. The van der Waals surface area contributed by atoms with Crippen LogP contribution in [0.4, 0.5) is 0 Å². The molecular formula is C31H48O13. The molecule has 0 aromatic heterocycles. The van der Waals surface area contributed by atoms with Crippen LogP contribution in [0.1, 0.15) is 88.5 Å². The summed E-state index contributed by atoms with van der Waals surface area (Å²) in [4.78, 5) is 64.8. The number of esters is 5. The number of aliphatic hydroxyl groups is 2. The Hall–Kier alpha value is -2.77. The van der Waals surface area contributed by atoms with Crippen molar-refractivity contribution in [2.24, 2.45) is 23.2 Å². The molecule has 0 aromatic carbocycles. The van der Waals surface area contributed by atoms with E-state index in [9.17, 15) is 34.2 Å². The zero-order chi connectivity index (χ0) is 33.6. The minimum Gasteiger partial charge on any atom is -0.464 e. The molecule has 13 nitrogen and oxygen atoms in total. The lowest BCUT2D eigenvalue weighted by Crippen LogP contribution is -2.85. The van der Waals surface area contributed by atoms with Crippen LogP contribution in [-0.2, 0) is 52.4 Å². The van der Waals surface area contributed by atoms with Crippen LogP contribution >= 0.6 is 0 Å². The van der Waals surface area contributed by atoms with E-state index in [0.29, 0.717) is 12.8 Å². The van der Waals surface area contributed by atoms with E-state index in [4.69, 9.17) is 28.4 Å². The lowest BCUT2D eigenvalue weighted by atomic mass is 9.45. The Bertz CT molecular complexity index is 1150. The van der Waals surface area contributed by atoms with Gasteiger partial charge in [-0.2, -0.15) is 0 Å². The minimum absolute atomic E-state index is 0.375. The van der Waals surface area contributed by atoms with E-state index in [0.717, 1.165) is 20.8 Å². The highest BCUT2D eigenvalue weighted by Crippen LogP contribution is 2.69. The largest absolute Gasteiger partial charge is 0.464 e. The lowest BCUT2D eigenvalue weighted by Gasteiger charge is -2.66. The summed E-state index contributed by atoms with van der Waals surface area (Å²) in [5, 5.41) is 23.9. The third-order valence-corrected chi connectivity index (χ3v) is 9.68. The number of carbonyl (C=O) groups is 5. The van der Waals surface area contributed by atoms with E-state index in [1.807, 2.05) is 0 Å². The van der Waals surface area contributed by atoms with Gasteiger partial charge in [0.15, 0.2) is 11.7 Å². The van der Waals surface area contributed by atoms with Gasteiger partial charge in [-0.05, 0) is 33.6 Å². The number of rotatable bonds is 10. The van der Waals surface area contributed by atoms with Crippen LogP contribution < -0.4 is 0 Å². The molecule has 0 amide bonds. The fourth-order valence-corrected chi connectivity index (χ4v) is 7.45.